The van der Waals surface area contributed by atoms with Gasteiger partial charge in [-0.15, -0.1) is 11.3 Å². The lowest BCUT2D eigenvalue weighted by Crippen LogP contribution is -2.52. The number of piperidine rings is 1. The Hall–Kier alpha value is -2.78. The van der Waals surface area contributed by atoms with Gasteiger partial charge in [0.25, 0.3) is 0 Å². The van der Waals surface area contributed by atoms with Crippen LogP contribution in [0.1, 0.15) is 67.2 Å². The van der Waals surface area contributed by atoms with Crippen molar-refractivity contribution in [2.75, 3.05) is 50.8 Å². The minimum Gasteiger partial charge on any atom is -0.367 e. The van der Waals surface area contributed by atoms with Gasteiger partial charge in [0.2, 0.25) is 10.0 Å². The predicted octanol–water partition coefficient (Wildman–Crippen LogP) is 6.53. The first-order valence-corrected chi connectivity index (χ1v) is 19.9. The summed E-state index contributed by atoms with van der Waals surface area (Å²) in [5.41, 5.74) is 5.06. The molecular formula is C35H48F3N7O2S2. The average Bonchev–Trinajstić information content (AvgIpc) is 3.61. The molecule has 268 valence electrons. The van der Waals surface area contributed by atoms with Crippen LogP contribution in [0.15, 0.2) is 24.3 Å². The zero-order valence-electron chi connectivity index (χ0n) is 29.3. The van der Waals surface area contributed by atoms with Crippen LogP contribution in [0.2, 0.25) is 0 Å². The largest absolute Gasteiger partial charge is 0.393 e. The van der Waals surface area contributed by atoms with Crippen molar-refractivity contribution in [2.45, 2.75) is 91.1 Å². The number of aromatic nitrogens is 3. The molecule has 2 saturated heterocycles. The maximum Gasteiger partial charge on any atom is 0.393 e. The molecule has 1 N–H and O–H groups in total. The lowest BCUT2D eigenvalue weighted by Gasteiger charge is -2.40. The van der Waals surface area contributed by atoms with Gasteiger partial charge in [0.05, 0.1) is 18.1 Å². The second-order valence-electron chi connectivity index (χ2n) is 13.9. The fraction of sp³-hybridized carbons (Fsp3) is 0.600. The van der Waals surface area contributed by atoms with Crippen molar-refractivity contribution in [1.82, 2.24) is 28.6 Å². The monoisotopic (exact) mass is 719 g/mol. The number of rotatable bonds is 10. The third kappa shape index (κ3) is 7.93. The molecule has 9 nitrogen and oxygen atoms in total. The van der Waals surface area contributed by atoms with Crippen LogP contribution in [0, 0.1) is 13.8 Å². The first kappa shape index (κ1) is 36.0. The van der Waals surface area contributed by atoms with Crippen LogP contribution in [0.3, 0.4) is 0 Å². The van der Waals surface area contributed by atoms with E-state index in [0.717, 1.165) is 56.9 Å². The van der Waals surface area contributed by atoms with E-state index in [0.29, 0.717) is 41.4 Å². The number of fused-ring (bicyclic) bond motifs is 2. The Balaban J connectivity index is 1.10. The molecule has 0 bridgehead atoms. The number of alkyl halides is 3. The number of anilines is 1. The Bertz CT molecular complexity index is 1910. The van der Waals surface area contributed by atoms with Gasteiger partial charge in [-0.2, -0.15) is 17.5 Å². The topological polar surface area (TPSA) is 86.6 Å². The highest BCUT2D eigenvalue weighted by molar-refractivity contribution is 7.88. The number of aryl methyl sites for hydroxylation is 3. The Morgan fingerprint density at radius 3 is 2.31 bits per heavy atom. The zero-order chi connectivity index (χ0) is 35.2. The van der Waals surface area contributed by atoms with Crippen molar-refractivity contribution in [3.8, 4) is 0 Å². The Morgan fingerprint density at radius 1 is 0.980 bits per heavy atom. The van der Waals surface area contributed by atoms with Crippen molar-refractivity contribution in [3.05, 3.63) is 51.8 Å². The van der Waals surface area contributed by atoms with Gasteiger partial charge in [0, 0.05) is 91.8 Å². The van der Waals surface area contributed by atoms with Crippen LogP contribution in [0.4, 0.5) is 19.0 Å². The summed E-state index contributed by atoms with van der Waals surface area (Å²) < 4.78 is 67.3. The van der Waals surface area contributed by atoms with E-state index < -0.39 is 22.6 Å². The van der Waals surface area contributed by atoms with E-state index in [2.05, 4.69) is 75.5 Å². The van der Waals surface area contributed by atoms with Gasteiger partial charge in [-0.3, -0.25) is 9.80 Å². The third-order valence-corrected chi connectivity index (χ3v) is 12.9. The minimum absolute atomic E-state index is 0.183. The van der Waals surface area contributed by atoms with Crippen LogP contribution in [0.25, 0.3) is 21.1 Å². The van der Waals surface area contributed by atoms with Gasteiger partial charge < -0.3 is 9.88 Å². The molecule has 1 aromatic carbocycles. The van der Waals surface area contributed by atoms with Gasteiger partial charge in [0.1, 0.15) is 16.5 Å². The number of piperazine rings is 1. The summed E-state index contributed by atoms with van der Waals surface area (Å²) in [7, 11) is -3.16. The Labute approximate surface area is 291 Å². The summed E-state index contributed by atoms with van der Waals surface area (Å²) >= 11 is 1.10. The second kappa shape index (κ2) is 14.1. The molecule has 2 atom stereocenters. The molecule has 3 aromatic heterocycles. The number of nitrogens with one attached hydrogen (secondary N) is 1. The fourth-order valence-electron chi connectivity index (χ4n) is 7.53. The smallest absolute Gasteiger partial charge is 0.367 e. The molecular weight excluding hydrogens is 672 g/mol. The molecule has 2 fully saturated rings. The summed E-state index contributed by atoms with van der Waals surface area (Å²) in [6.07, 6.45) is -1.48. The number of hydrogen-bond acceptors (Lipinski definition) is 8. The number of hydrogen-bond donors (Lipinski definition) is 1. The molecule has 14 heteroatoms. The van der Waals surface area contributed by atoms with E-state index in [-0.39, 0.29) is 23.0 Å². The predicted molar refractivity (Wildman–Crippen MR) is 192 cm³/mol. The number of nitrogens with zero attached hydrogens (tertiary/aromatic N) is 6. The van der Waals surface area contributed by atoms with E-state index in [1.54, 1.807) is 10.4 Å². The number of benzene rings is 1. The highest BCUT2D eigenvalue weighted by Gasteiger charge is 2.31. The summed E-state index contributed by atoms with van der Waals surface area (Å²) in [5.74, 6) is 1.28. The first-order valence-electron chi connectivity index (χ1n) is 17.3. The van der Waals surface area contributed by atoms with Crippen LogP contribution in [0.5, 0.6) is 0 Å². The van der Waals surface area contributed by atoms with Crippen molar-refractivity contribution in [3.63, 3.8) is 0 Å². The van der Waals surface area contributed by atoms with E-state index >= 15 is 0 Å². The SMILES string of the molecule is CCc1nc(NC2CCN(Cc3ccc4c(cc(C)n4C(C)C(C)N4CCN(S(C)(=O)=O)CC4)c3C)CC2)c2cc(CC(F)(F)F)sc2n1. The summed E-state index contributed by atoms with van der Waals surface area (Å²) in [4.78, 5) is 14.9. The summed E-state index contributed by atoms with van der Waals surface area (Å²) in [6, 6.07) is 9.06. The lowest BCUT2D eigenvalue weighted by atomic mass is 10.0. The molecule has 0 radical (unpaired) electrons. The zero-order valence-corrected chi connectivity index (χ0v) is 30.9. The molecule has 0 spiro atoms. The standard InChI is InChI=1S/C35H48F3N7O2S2/c1-7-32-40-33(30-19-28(20-35(36,37)38)48-34(30)41-32)39-27-10-12-42(13-11-27)21-26-8-9-31-29(23(26)3)18-22(2)45(31)25(5)24(4)43-14-16-44(17-15-43)49(6,46)47/h8-9,18-19,24-25,27H,7,10-17,20-21H2,1-6H3,(H,39,40,41). The maximum atomic E-state index is 13.1. The molecule has 5 heterocycles. The normalized spacial score (nSPS) is 19.2. The van der Waals surface area contributed by atoms with Crippen molar-refractivity contribution in [1.29, 1.82) is 0 Å². The first-order chi connectivity index (χ1) is 23.1. The van der Waals surface area contributed by atoms with Gasteiger partial charge >= 0.3 is 6.18 Å². The van der Waals surface area contributed by atoms with Crippen molar-refractivity contribution < 1.29 is 21.6 Å². The van der Waals surface area contributed by atoms with E-state index in [9.17, 15) is 21.6 Å². The Kier molecular flexibility index (Phi) is 10.4. The highest BCUT2D eigenvalue weighted by Crippen LogP contribution is 2.35. The van der Waals surface area contributed by atoms with Gasteiger partial charge in [0.15, 0.2) is 0 Å². The molecule has 6 rings (SSSR count). The number of sulfonamides is 1. The third-order valence-electron chi connectivity index (χ3n) is 10.5. The summed E-state index contributed by atoms with van der Waals surface area (Å²) in [6.45, 7) is 16.0. The van der Waals surface area contributed by atoms with E-state index in [1.807, 2.05) is 6.92 Å². The molecule has 0 saturated carbocycles. The van der Waals surface area contributed by atoms with Crippen LogP contribution in [-0.4, -0.2) is 101 Å². The summed E-state index contributed by atoms with van der Waals surface area (Å²) in [5, 5.41) is 5.51. The van der Waals surface area contributed by atoms with Gasteiger partial charge in [-0.25, -0.2) is 18.4 Å². The molecule has 2 aliphatic heterocycles. The number of thiophene rings is 1. The number of likely N-dealkylation sites (tertiary alicyclic amines) is 1. The Morgan fingerprint density at radius 2 is 1.67 bits per heavy atom. The van der Waals surface area contributed by atoms with E-state index in [1.165, 1.54) is 34.0 Å². The van der Waals surface area contributed by atoms with Crippen molar-refractivity contribution >= 4 is 48.3 Å². The van der Waals surface area contributed by atoms with Crippen LogP contribution in [-0.2, 0) is 29.4 Å². The average molecular weight is 720 g/mol. The molecule has 2 aliphatic rings. The molecule has 4 aromatic rings. The number of halogens is 3. The maximum absolute atomic E-state index is 13.1. The minimum atomic E-state index is -4.26. The fourth-order valence-corrected chi connectivity index (χ4v) is 9.44. The van der Waals surface area contributed by atoms with Crippen molar-refractivity contribution in [2.24, 2.45) is 0 Å². The molecule has 0 aliphatic carbocycles. The van der Waals surface area contributed by atoms with Gasteiger partial charge in [-0.1, -0.05) is 13.0 Å². The van der Waals surface area contributed by atoms with Crippen LogP contribution < -0.4 is 5.32 Å². The van der Waals surface area contributed by atoms with E-state index in [4.69, 9.17) is 0 Å². The molecule has 0 amide bonds. The second-order valence-corrected chi connectivity index (χ2v) is 17.0. The van der Waals surface area contributed by atoms with Gasteiger partial charge in [-0.05, 0) is 69.9 Å². The van der Waals surface area contributed by atoms with Crippen LogP contribution >= 0.6 is 11.3 Å². The lowest BCUT2D eigenvalue weighted by molar-refractivity contribution is -0.126. The highest BCUT2D eigenvalue weighted by atomic mass is 32.2. The molecule has 49 heavy (non-hydrogen) atoms. The quantitative estimate of drug-likeness (QED) is 0.200. The molecule has 2 unspecified atom stereocenters.